The molecule has 0 unspecified atom stereocenters. The van der Waals surface area contributed by atoms with E-state index >= 15 is 0 Å². The number of anilines is 2. The Kier molecular flexibility index (Phi) is 8.91. The zero-order chi connectivity index (χ0) is 23.1. The van der Waals surface area contributed by atoms with Crippen LogP contribution >= 0.6 is 23.2 Å². The van der Waals surface area contributed by atoms with Crippen molar-refractivity contribution in [3.63, 3.8) is 0 Å². The first-order valence-electron chi connectivity index (χ1n) is 9.71. The van der Waals surface area contributed by atoms with Crippen molar-refractivity contribution in [2.45, 2.75) is 26.8 Å². The molecule has 1 heterocycles. The van der Waals surface area contributed by atoms with E-state index < -0.39 is 17.2 Å². The zero-order valence-corrected chi connectivity index (χ0v) is 19.2. The fourth-order valence-corrected chi connectivity index (χ4v) is 3.26. The van der Waals surface area contributed by atoms with Crippen molar-refractivity contribution in [3.8, 4) is 0 Å². The molecule has 0 aliphatic rings. The quantitative estimate of drug-likeness (QED) is 0.433. The van der Waals surface area contributed by atoms with Crippen molar-refractivity contribution < 1.29 is 9.53 Å². The summed E-state index contributed by atoms with van der Waals surface area (Å²) in [4.78, 5) is 41.4. The molecule has 0 aliphatic carbocycles. The molecular formula is C21H26Cl2N4O4. The number of carbonyl (C=O) groups excluding carboxylic acids is 1. The Morgan fingerprint density at radius 2 is 2.00 bits per heavy atom. The number of ether oxygens (including phenoxy) is 1. The number of nitrogens with two attached hydrogens (primary N) is 1. The summed E-state index contributed by atoms with van der Waals surface area (Å²) >= 11 is 11.9. The van der Waals surface area contributed by atoms with Gasteiger partial charge in [0.25, 0.3) is 11.5 Å². The number of methoxy groups -OCH3 is 1. The maximum absolute atomic E-state index is 13.0. The summed E-state index contributed by atoms with van der Waals surface area (Å²) < 4.78 is 6.33. The van der Waals surface area contributed by atoms with Crippen LogP contribution in [0.25, 0.3) is 6.08 Å². The molecular weight excluding hydrogens is 443 g/mol. The number of nitrogens with one attached hydrogen (secondary N) is 1. The number of nitrogens with zero attached hydrogens (tertiary/aromatic N) is 2. The lowest BCUT2D eigenvalue weighted by molar-refractivity contribution is -0.114. The first kappa shape index (κ1) is 24.7. The van der Waals surface area contributed by atoms with E-state index in [0.717, 1.165) is 0 Å². The van der Waals surface area contributed by atoms with E-state index in [-0.39, 0.29) is 24.0 Å². The molecule has 10 heteroatoms. The summed E-state index contributed by atoms with van der Waals surface area (Å²) in [6.07, 6.45) is 3.33. The van der Waals surface area contributed by atoms with Crippen LogP contribution in [0.15, 0.2) is 33.9 Å². The van der Waals surface area contributed by atoms with E-state index in [2.05, 4.69) is 4.98 Å². The number of amides is 1. The minimum Gasteiger partial charge on any atom is -0.385 e. The Hall–Kier alpha value is -2.55. The minimum absolute atomic E-state index is 0.0591. The fourth-order valence-electron chi connectivity index (χ4n) is 2.96. The van der Waals surface area contributed by atoms with Crippen molar-refractivity contribution in [1.29, 1.82) is 0 Å². The average molecular weight is 469 g/mol. The lowest BCUT2D eigenvalue weighted by atomic mass is 10.2. The van der Waals surface area contributed by atoms with Crippen LogP contribution in [0, 0.1) is 5.92 Å². The van der Waals surface area contributed by atoms with Gasteiger partial charge in [-0.05, 0) is 36.1 Å². The summed E-state index contributed by atoms with van der Waals surface area (Å²) in [5.41, 5.74) is 5.43. The van der Waals surface area contributed by atoms with Crippen LogP contribution in [-0.2, 0) is 16.1 Å². The van der Waals surface area contributed by atoms with Gasteiger partial charge in [-0.15, -0.1) is 0 Å². The number of nitrogen functional groups attached to an aromatic ring is 1. The molecule has 0 radical (unpaired) electrons. The van der Waals surface area contributed by atoms with Gasteiger partial charge >= 0.3 is 5.69 Å². The van der Waals surface area contributed by atoms with Crippen LogP contribution in [0.2, 0.25) is 10.0 Å². The molecule has 0 atom stereocenters. The highest BCUT2D eigenvalue weighted by atomic mass is 35.5. The van der Waals surface area contributed by atoms with Gasteiger partial charge in [0.05, 0.1) is 10.0 Å². The lowest BCUT2D eigenvalue weighted by Crippen LogP contribution is -2.41. The summed E-state index contributed by atoms with van der Waals surface area (Å²) in [5, 5.41) is 0.757. The normalized spacial score (nSPS) is 11.4. The summed E-state index contributed by atoms with van der Waals surface area (Å²) in [5.74, 6) is -0.434. The van der Waals surface area contributed by atoms with Gasteiger partial charge in [-0.2, -0.15) is 0 Å². The third kappa shape index (κ3) is 6.46. The number of halogens is 2. The number of aromatic amines is 1. The standard InChI is InChI=1S/C21H26Cl2N4O4/c1-13(2)12-27-19(24)18(20(29)25-21(27)30)26(9-4-10-31-3)17(28)8-6-14-5-7-15(22)16(23)11-14/h5-8,11,13H,4,9-10,12,24H2,1-3H3,(H,25,29,30)/b8-6+. The smallest absolute Gasteiger partial charge is 0.330 e. The minimum atomic E-state index is -0.726. The second-order valence-electron chi connectivity index (χ2n) is 7.34. The van der Waals surface area contributed by atoms with E-state index in [1.54, 1.807) is 31.4 Å². The van der Waals surface area contributed by atoms with Gasteiger partial charge in [0.15, 0.2) is 5.69 Å². The van der Waals surface area contributed by atoms with Gasteiger partial charge in [-0.25, -0.2) is 4.79 Å². The number of carbonyl (C=O) groups is 1. The number of benzene rings is 1. The summed E-state index contributed by atoms with van der Waals surface area (Å²) in [6.45, 7) is 4.68. The van der Waals surface area contributed by atoms with Crippen LogP contribution in [-0.4, -0.2) is 35.7 Å². The average Bonchev–Trinajstić information content (AvgIpc) is 2.70. The number of aromatic nitrogens is 2. The zero-order valence-electron chi connectivity index (χ0n) is 17.7. The van der Waals surface area contributed by atoms with Gasteiger partial charge < -0.3 is 15.4 Å². The molecule has 1 aromatic carbocycles. The van der Waals surface area contributed by atoms with Gasteiger partial charge in [0.2, 0.25) is 0 Å². The molecule has 0 saturated heterocycles. The van der Waals surface area contributed by atoms with Crippen LogP contribution in [0.4, 0.5) is 11.5 Å². The number of hydrogen-bond donors (Lipinski definition) is 2. The topological polar surface area (TPSA) is 110 Å². The molecule has 31 heavy (non-hydrogen) atoms. The van der Waals surface area contributed by atoms with Gasteiger partial charge in [0.1, 0.15) is 5.82 Å². The summed E-state index contributed by atoms with van der Waals surface area (Å²) in [7, 11) is 1.54. The Balaban J connectivity index is 2.47. The highest BCUT2D eigenvalue weighted by molar-refractivity contribution is 6.42. The number of H-pyrrole nitrogens is 1. The van der Waals surface area contributed by atoms with Crippen molar-refractivity contribution >= 4 is 46.7 Å². The largest absolute Gasteiger partial charge is 0.385 e. The van der Waals surface area contributed by atoms with Crippen molar-refractivity contribution in [2.24, 2.45) is 5.92 Å². The second kappa shape index (κ2) is 11.2. The predicted octanol–water partition coefficient (Wildman–Crippen LogP) is 3.16. The number of hydrogen-bond acceptors (Lipinski definition) is 5. The first-order chi connectivity index (χ1) is 14.6. The second-order valence-corrected chi connectivity index (χ2v) is 8.16. The molecule has 2 aromatic rings. The maximum atomic E-state index is 13.0. The SMILES string of the molecule is COCCCN(C(=O)/C=C/c1ccc(Cl)c(Cl)c1)c1c(N)n(CC(C)C)c(=O)[nH]c1=O. The Bertz CT molecular complexity index is 1080. The molecule has 168 valence electrons. The summed E-state index contributed by atoms with van der Waals surface area (Å²) in [6, 6.07) is 4.94. The molecule has 1 aromatic heterocycles. The third-order valence-corrected chi connectivity index (χ3v) is 5.13. The highest BCUT2D eigenvalue weighted by Gasteiger charge is 2.23. The van der Waals surface area contributed by atoms with Crippen LogP contribution in [0.5, 0.6) is 0 Å². The predicted molar refractivity (Wildman–Crippen MR) is 125 cm³/mol. The third-order valence-electron chi connectivity index (χ3n) is 4.39. The molecule has 3 N–H and O–H groups in total. The van der Waals surface area contributed by atoms with Crippen LogP contribution in [0.1, 0.15) is 25.8 Å². The molecule has 8 nitrogen and oxygen atoms in total. The monoisotopic (exact) mass is 468 g/mol. The molecule has 0 aliphatic heterocycles. The molecule has 0 bridgehead atoms. The van der Waals surface area contributed by atoms with Crippen molar-refractivity contribution in [1.82, 2.24) is 9.55 Å². The van der Waals surface area contributed by atoms with E-state index in [1.807, 2.05) is 13.8 Å². The highest BCUT2D eigenvalue weighted by Crippen LogP contribution is 2.23. The Morgan fingerprint density at radius 3 is 2.61 bits per heavy atom. The van der Waals surface area contributed by atoms with Crippen LogP contribution < -0.4 is 21.9 Å². The molecule has 2 rings (SSSR count). The molecule has 0 spiro atoms. The van der Waals surface area contributed by atoms with Gasteiger partial charge in [-0.3, -0.25) is 19.1 Å². The van der Waals surface area contributed by atoms with Crippen LogP contribution in [0.3, 0.4) is 0 Å². The molecule has 1 amide bonds. The molecule has 0 fully saturated rings. The van der Waals surface area contributed by atoms with Gasteiger partial charge in [0, 0.05) is 32.9 Å². The van der Waals surface area contributed by atoms with Crippen molar-refractivity contribution in [3.05, 3.63) is 60.7 Å². The number of rotatable bonds is 9. The van der Waals surface area contributed by atoms with E-state index in [4.69, 9.17) is 33.7 Å². The fraction of sp³-hybridized carbons (Fsp3) is 0.381. The van der Waals surface area contributed by atoms with Gasteiger partial charge in [-0.1, -0.05) is 43.1 Å². The van der Waals surface area contributed by atoms with E-state index in [9.17, 15) is 14.4 Å². The van der Waals surface area contributed by atoms with E-state index in [1.165, 1.54) is 15.5 Å². The van der Waals surface area contributed by atoms with E-state index in [0.29, 0.717) is 35.2 Å². The van der Waals surface area contributed by atoms with Crippen molar-refractivity contribution in [2.75, 3.05) is 30.9 Å². The Labute approximate surface area is 190 Å². The molecule has 0 saturated carbocycles. The maximum Gasteiger partial charge on any atom is 0.330 e. The first-order valence-corrected chi connectivity index (χ1v) is 10.5. The lowest BCUT2D eigenvalue weighted by Gasteiger charge is -2.24. The Morgan fingerprint density at radius 1 is 1.29 bits per heavy atom.